The molecule has 1 aliphatic rings. The quantitative estimate of drug-likeness (QED) is 0.234. The maximum Gasteiger partial charge on any atom is 0.330 e. The first-order valence-corrected chi connectivity index (χ1v) is 13.2. The molecule has 1 aromatic heterocycles. The molecule has 2 aromatic rings. The van der Waals surface area contributed by atoms with Crippen LogP contribution in [0.4, 0.5) is 5.69 Å². The van der Waals surface area contributed by atoms with Gasteiger partial charge in [0.25, 0.3) is 0 Å². The van der Waals surface area contributed by atoms with Crippen molar-refractivity contribution in [3.05, 3.63) is 54.4 Å². The molecule has 0 radical (unpaired) electrons. The first kappa shape index (κ1) is 24.7. The molecule has 1 aliphatic heterocycles. The number of sulfone groups is 1. The molecule has 1 atom stereocenters. The molecule has 0 aliphatic carbocycles. The number of allylic oxidation sites excluding steroid dienone is 1. The lowest BCUT2D eigenvalue weighted by Crippen LogP contribution is -2.15. The van der Waals surface area contributed by atoms with Crippen molar-refractivity contribution < 1.29 is 22.7 Å². The van der Waals surface area contributed by atoms with Gasteiger partial charge in [-0.05, 0) is 37.1 Å². The lowest BCUT2D eigenvalue weighted by molar-refractivity contribution is -0.137. The maximum absolute atomic E-state index is 12.4. The lowest BCUT2D eigenvalue weighted by atomic mass is 10.1. The molecule has 9 nitrogen and oxygen atoms in total. The smallest absolute Gasteiger partial charge is 0.330 e. The highest BCUT2D eigenvalue weighted by Gasteiger charge is 2.33. The molecule has 1 N–H and O–H groups in total. The van der Waals surface area contributed by atoms with Crippen molar-refractivity contribution in [2.45, 2.75) is 31.0 Å². The molecule has 0 saturated carbocycles. The Morgan fingerprint density at radius 2 is 2.06 bits per heavy atom. The van der Waals surface area contributed by atoms with Gasteiger partial charge in [-0.2, -0.15) is 0 Å². The number of amides is 1. The van der Waals surface area contributed by atoms with E-state index in [2.05, 4.69) is 22.1 Å². The van der Waals surface area contributed by atoms with Crippen molar-refractivity contribution in [3.63, 3.8) is 0 Å². The summed E-state index contributed by atoms with van der Waals surface area (Å²) in [6.45, 7) is 6.24. The van der Waals surface area contributed by atoms with Crippen LogP contribution >= 0.6 is 11.8 Å². The highest BCUT2D eigenvalue weighted by molar-refractivity contribution is 7.99. The van der Waals surface area contributed by atoms with Crippen LogP contribution in [0.15, 0.2) is 48.2 Å². The normalized spacial score (nSPS) is 17.2. The lowest BCUT2D eigenvalue weighted by Gasteiger charge is -2.11. The monoisotopic (exact) mass is 490 g/mol. The Morgan fingerprint density at radius 1 is 1.30 bits per heavy atom. The summed E-state index contributed by atoms with van der Waals surface area (Å²) in [5.41, 5.74) is 1.42. The summed E-state index contributed by atoms with van der Waals surface area (Å²) in [4.78, 5) is 23.8. The minimum Gasteiger partial charge on any atom is -0.463 e. The summed E-state index contributed by atoms with van der Waals surface area (Å²) in [6, 6.07) is 7.04. The summed E-state index contributed by atoms with van der Waals surface area (Å²) in [7, 11) is -3.05. The number of rotatable bonds is 10. The summed E-state index contributed by atoms with van der Waals surface area (Å²) in [6.07, 6.45) is 5.20. The van der Waals surface area contributed by atoms with Crippen molar-refractivity contribution in [3.8, 4) is 0 Å². The molecule has 1 aromatic carbocycles. The van der Waals surface area contributed by atoms with Gasteiger partial charge < -0.3 is 14.6 Å². The summed E-state index contributed by atoms with van der Waals surface area (Å²) in [5, 5.41) is 11.7. The predicted molar refractivity (Wildman–Crippen MR) is 128 cm³/mol. The molecule has 0 bridgehead atoms. The third-order valence-corrected chi connectivity index (χ3v) is 7.61. The molecule has 176 valence electrons. The average molecular weight is 491 g/mol. The van der Waals surface area contributed by atoms with Crippen LogP contribution in [0.5, 0.6) is 0 Å². The number of anilines is 1. The van der Waals surface area contributed by atoms with Crippen LogP contribution in [0.3, 0.4) is 0 Å². The predicted octanol–water partition coefficient (Wildman–Crippen LogP) is 2.67. The Morgan fingerprint density at radius 3 is 2.70 bits per heavy atom. The molecule has 0 spiro atoms. The van der Waals surface area contributed by atoms with Crippen molar-refractivity contribution in [2.75, 3.05) is 29.2 Å². The fraction of sp³-hybridized carbons (Fsp3) is 0.364. The Labute approximate surface area is 197 Å². The number of carbonyl (C=O) groups is 2. The number of hydrogen-bond donors (Lipinski definition) is 1. The number of esters is 1. The number of ether oxygens (including phenoxy) is 1. The van der Waals surface area contributed by atoms with E-state index in [9.17, 15) is 18.0 Å². The minimum atomic E-state index is -3.05. The molecule has 11 heteroatoms. The van der Waals surface area contributed by atoms with Crippen molar-refractivity contribution >= 4 is 45.2 Å². The first-order valence-electron chi connectivity index (χ1n) is 10.4. The van der Waals surface area contributed by atoms with Gasteiger partial charge in [-0.15, -0.1) is 16.8 Å². The second kappa shape index (κ2) is 11.3. The van der Waals surface area contributed by atoms with Crippen LogP contribution in [0.25, 0.3) is 6.08 Å². The first-order chi connectivity index (χ1) is 15.8. The van der Waals surface area contributed by atoms with Crippen LogP contribution in [0, 0.1) is 0 Å². The van der Waals surface area contributed by atoms with E-state index >= 15 is 0 Å². The van der Waals surface area contributed by atoms with Crippen molar-refractivity contribution in [2.24, 2.45) is 0 Å². The molecule has 1 fully saturated rings. The van der Waals surface area contributed by atoms with E-state index in [1.54, 1.807) is 43.3 Å². The van der Waals surface area contributed by atoms with Crippen LogP contribution in [-0.2, 0) is 30.7 Å². The number of aromatic nitrogens is 3. The Bertz CT molecular complexity index is 1140. The molecular formula is C22H26N4O5S2. The van der Waals surface area contributed by atoms with E-state index in [1.807, 2.05) is 4.57 Å². The molecule has 1 saturated heterocycles. The third-order valence-electron chi connectivity index (χ3n) is 4.88. The number of nitrogens with zero attached hydrogens (tertiary/aromatic N) is 3. The van der Waals surface area contributed by atoms with E-state index in [-0.39, 0.29) is 29.1 Å². The largest absolute Gasteiger partial charge is 0.463 e. The Hall–Kier alpha value is -2.92. The number of benzene rings is 1. The van der Waals surface area contributed by atoms with E-state index in [1.165, 1.54) is 17.8 Å². The van der Waals surface area contributed by atoms with Crippen LogP contribution in [-0.4, -0.2) is 58.9 Å². The fourth-order valence-corrected chi connectivity index (χ4v) is 5.86. The Kier molecular flexibility index (Phi) is 8.45. The molecule has 33 heavy (non-hydrogen) atoms. The topological polar surface area (TPSA) is 120 Å². The van der Waals surface area contributed by atoms with E-state index in [0.29, 0.717) is 36.2 Å². The van der Waals surface area contributed by atoms with Gasteiger partial charge in [-0.3, -0.25) is 4.79 Å². The number of hydrogen-bond acceptors (Lipinski definition) is 8. The molecule has 1 unspecified atom stereocenters. The van der Waals surface area contributed by atoms with Gasteiger partial charge in [-0.25, -0.2) is 13.2 Å². The van der Waals surface area contributed by atoms with Gasteiger partial charge in [0.15, 0.2) is 15.0 Å². The van der Waals surface area contributed by atoms with Crippen molar-refractivity contribution in [1.29, 1.82) is 0 Å². The maximum atomic E-state index is 12.4. The molecule has 2 heterocycles. The second-order valence-electron chi connectivity index (χ2n) is 7.38. The van der Waals surface area contributed by atoms with Crippen LogP contribution in [0.2, 0.25) is 0 Å². The second-order valence-corrected chi connectivity index (χ2v) is 10.6. The zero-order valence-corrected chi connectivity index (χ0v) is 19.9. The summed E-state index contributed by atoms with van der Waals surface area (Å²) in [5.74, 6) is 0.136. The summed E-state index contributed by atoms with van der Waals surface area (Å²) >= 11 is 1.23. The molecule has 3 rings (SSSR count). The zero-order chi connectivity index (χ0) is 23.8. The van der Waals surface area contributed by atoms with Gasteiger partial charge in [0.05, 0.1) is 23.9 Å². The van der Waals surface area contributed by atoms with Crippen LogP contribution < -0.4 is 5.32 Å². The van der Waals surface area contributed by atoms with Gasteiger partial charge in [0.2, 0.25) is 5.91 Å². The minimum absolute atomic E-state index is 0.0679. The van der Waals surface area contributed by atoms with E-state index in [0.717, 1.165) is 5.56 Å². The summed E-state index contributed by atoms with van der Waals surface area (Å²) < 4.78 is 30.3. The third kappa shape index (κ3) is 7.03. The van der Waals surface area contributed by atoms with Gasteiger partial charge in [-0.1, -0.05) is 30.0 Å². The van der Waals surface area contributed by atoms with Gasteiger partial charge in [0, 0.05) is 24.2 Å². The molecular weight excluding hydrogens is 464 g/mol. The number of carbonyl (C=O) groups excluding carboxylic acids is 2. The number of nitrogens with one attached hydrogen (secondary N) is 1. The Balaban J connectivity index is 1.57. The average Bonchev–Trinajstić information content (AvgIpc) is 3.34. The standard InChI is InChI=1S/C22H26N4O5S2/c1-3-12-26-21(17-11-13-33(29,30)15-17)24-25-22(26)32-14-19(27)23-18-8-5-16(6-9-18)7-10-20(28)31-4-2/h3,5-10,17H,1,4,11-15H2,2H3,(H,23,27)/b10-7+. The number of thioether (sulfide) groups is 1. The highest BCUT2D eigenvalue weighted by Crippen LogP contribution is 2.30. The van der Waals surface area contributed by atoms with Gasteiger partial charge in [0.1, 0.15) is 5.82 Å². The highest BCUT2D eigenvalue weighted by atomic mass is 32.2. The van der Waals surface area contributed by atoms with Crippen molar-refractivity contribution in [1.82, 2.24) is 14.8 Å². The van der Waals surface area contributed by atoms with Gasteiger partial charge >= 0.3 is 5.97 Å². The fourth-order valence-electron chi connectivity index (χ4n) is 3.37. The zero-order valence-electron chi connectivity index (χ0n) is 18.3. The SMILES string of the molecule is C=CCn1c(SCC(=O)Nc2ccc(/C=C/C(=O)OCC)cc2)nnc1C1CCS(=O)(=O)C1. The van der Waals surface area contributed by atoms with E-state index in [4.69, 9.17) is 4.74 Å². The van der Waals surface area contributed by atoms with Crippen LogP contribution in [0.1, 0.15) is 30.7 Å². The van der Waals surface area contributed by atoms with E-state index < -0.39 is 15.8 Å². The molecule has 1 amide bonds.